The summed E-state index contributed by atoms with van der Waals surface area (Å²) >= 11 is 3.15. The molecule has 0 atom stereocenters. The van der Waals surface area contributed by atoms with E-state index in [2.05, 4.69) is 20.7 Å². The van der Waals surface area contributed by atoms with Crippen LogP contribution in [0.3, 0.4) is 0 Å². The minimum absolute atomic E-state index is 0.0168. The molecule has 15 heavy (non-hydrogen) atoms. The molecule has 0 aromatic heterocycles. The van der Waals surface area contributed by atoms with Crippen molar-refractivity contribution in [1.82, 2.24) is 0 Å². The van der Waals surface area contributed by atoms with Crippen LogP contribution < -0.4 is 0 Å². The van der Waals surface area contributed by atoms with E-state index in [0.717, 1.165) is 6.07 Å². The van der Waals surface area contributed by atoms with Crippen molar-refractivity contribution in [2.75, 3.05) is 7.11 Å². The molecule has 0 saturated carbocycles. The first kappa shape index (κ1) is 11.7. The number of hydrogen-bond acceptors (Lipinski definition) is 3. The number of hydrogen-bond donors (Lipinski definition) is 0. The summed E-state index contributed by atoms with van der Waals surface area (Å²) in [5.74, 6) is -1.43. The van der Waals surface area contributed by atoms with Gasteiger partial charge in [0.1, 0.15) is 17.4 Å². The summed E-state index contributed by atoms with van der Waals surface area (Å²) in [6.45, 7) is 0. The van der Waals surface area contributed by atoms with Gasteiger partial charge >= 0.3 is 5.97 Å². The van der Waals surface area contributed by atoms with Crippen molar-refractivity contribution in [3.05, 3.63) is 34.6 Å². The van der Waals surface area contributed by atoms with Gasteiger partial charge in [0, 0.05) is 5.33 Å². The normalized spacial score (nSPS) is 9.47. The number of carbonyl (C=O) groups excluding carboxylic acids is 1. The Kier molecular flexibility index (Phi) is 3.81. The van der Waals surface area contributed by atoms with Gasteiger partial charge in [-0.15, -0.1) is 0 Å². The largest absolute Gasteiger partial charge is 0.465 e. The van der Waals surface area contributed by atoms with Crippen LogP contribution in [0.25, 0.3) is 0 Å². The number of benzene rings is 1. The number of ether oxygens (including phenoxy) is 1. The van der Waals surface area contributed by atoms with Crippen molar-refractivity contribution in [3.63, 3.8) is 0 Å². The quantitative estimate of drug-likeness (QED) is 0.613. The standard InChI is InChI=1S/C10H7BrFNO2/c1-15-10(14)9-6(4-11)2-3-8(12)7(9)5-13/h2-3H,4H2,1H3. The molecule has 78 valence electrons. The number of nitriles is 1. The summed E-state index contributed by atoms with van der Waals surface area (Å²) in [5, 5.41) is 9.10. The molecule has 3 nitrogen and oxygen atoms in total. The van der Waals surface area contributed by atoms with Crippen LogP contribution in [0.2, 0.25) is 0 Å². The van der Waals surface area contributed by atoms with Crippen molar-refractivity contribution in [2.45, 2.75) is 5.33 Å². The third-order valence-corrected chi connectivity index (χ3v) is 2.49. The second-order valence-corrected chi connectivity index (χ2v) is 3.25. The van der Waals surface area contributed by atoms with E-state index < -0.39 is 11.8 Å². The van der Waals surface area contributed by atoms with Crippen molar-refractivity contribution in [3.8, 4) is 6.07 Å². The van der Waals surface area contributed by atoms with Crippen LogP contribution in [0.4, 0.5) is 4.39 Å². The van der Waals surface area contributed by atoms with Crippen LogP contribution in [-0.4, -0.2) is 13.1 Å². The Morgan fingerprint density at radius 1 is 1.67 bits per heavy atom. The Bertz CT molecular complexity index is 440. The van der Waals surface area contributed by atoms with Gasteiger partial charge in [-0.3, -0.25) is 0 Å². The number of rotatable bonds is 2. The molecule has 0 unspecified atom stereocenters. The first-order chi connectivity index (χ1) is 7.15. The fraction of sp³-hybridized carbons (Fsp3) is 0.200. The van der Waals surface area contributed by atoms with Crippen molar-refractivity contribution in [2.24, 2.45) is 0 Å². The Hall–Kier alpha value is -1.41. The van der Waals surface area contributed by atoms with E-state index in [-0.39, 0.29) is 11.1 Å². The lowest BCUT2D eigenvalue weighted by Crippen LogP contribution is -2.09. The second-order valence-electron chi connectivity index (χ2n) is 2.69. The molecule has 0 aliphatic carbocycles. The lowest BCUT2D eigenvalue weighted by atomic mass is 10.0. The number of halogens is 2. The SMILES string of the molecule is COC(=O)c1c(CBr)ccc(F)c1C#N. The van der Waals surface area contributed by atoms with E-state index >= 15 is 0 Å². The monoisotopic (exact) mass is 271 g/mol. The summed E-state index contributed by atoms with van der Waals surface area (Å²) in [7, 11) is 1.19. The van der Waals surface area contributed by atoms with Crippen LogP contribution >= 0.6 is 15.9 Å². The zero-order valence-electron chi connectivity index (χ0n) is 7.88. The number of esters is 1. The molecule has 1 aromatic carbocycles. The van der Waals surface area contributed by atoms with Crippen LogP contribution in [0.5, 0.6) is 0 Å². The number of methoxy groups -OCH3 is 1. The lowest BCUT2D eigenvalue weighted by molar-refractivity contribution is 0.0599. The van der Waals surface area contributed by atoms with E-state index in [1.807, 2.05) is 0 Å². The van der Waals surface area contributed by atoms with Gasteiger partial charge in [0.05, 0.1) is 12.7 Å². The zero-order valence-corrected chi connectivity index (χ0v) is 9.47. The van der Waals surface area contributed by atoms with E-state index in [4.69, 9.17) is 5.26 Å². The summed E-state index contributed by atoms with van der Waals surface area (Å²) in [4.78, 5) is 11.4. The number of carbonyl (C=O) groups is 1. The highest BCUT2D eigenvalue weighted by molar-refractivity contribution is 9.08. The molecule has 0 aliphatic heterocycles. The van der Waals surface area contributed by atoms with E-state index in [9.17, 15) is 9.18 Å². The number of nitrogens with zero attached hydrogens (tertiary/aromatic N) is 1. The first-order valence-electron chi connectivity index (χ1n) is 4.01. The number of alkyl halides is 1. The van der Waals surface area contributed by atoms with Crippen LogP contribution in [0.1, 0.15) is 21.5 Å². The lowest BCUT2D eigenvalue weighted by Gasteiger charge is -2.07. The van der Waals surface area contributed by atoms with E-state index in [1.54, 1.807) is 6.07 Å². The van der Waals surface area contributed by atoms with Crippen molar-refractivity contribution >= 4 is 21.9 Å². The minimum Gasteiger partial charge on any atom is -0.465 e. The Balaban J connectivity index is 3.49. The average molecular weight is 272 g/mol. The molecule has 0 bridgehead atoms. The van der Waals surface area contributed by atoms with Crippen LogP contribution in [-0.2, 0) is 10.1 Å². The molecule has 0 saturated heterocycles. The average Bonchev–Trinajstić information content (AvgIpc) is 2.27. The van der Waals surface area contributed by atoms with Gasteiger partial charge in [0.25, 0.3) is 0 Å². The smallest absolute Gasteiger partial charge is 0.339 e. The van der Waals surface area contributed by atoms with E-state index in [0.29, 0.717) is 10.9 Å². The molecule has 0 radical (unpaired) electrons. The minimum atomic E-state index is -0.720. The van der Waals surface area contributed by atoms with Crippen LogP contribution in [0.15, 0.2) is 12.1 Å². The summed E-state index contributed by atoms with van der Waals surface area (Å²) < 4.78 is 17.7. The maximum absolute atomic E-state index is 13.2. The van der Waals surface area contributed by atoms with Gasteiger partial charge in [-0.1, -0.05) is 22.0 Å². The van der Waals surface area contributed by atoms with Crippen molar-refractivity contribution in [1.29, 1.82) is 5.26 Å². The molecule has 0 aliphatic rings. The van der Waals surface area contributed by atoms with Gasteiger partial charge in [0.15, 0.2) is 0 Å². The molecular weight excluding hydrogens is 265 g/mol. The molecule has 5 heteroatoms. The predicted octanol–water partition coefficient (Wildman–Crippen LogP) is 2.38. The van der Waals surface area contributed by atoms with Crippen LogP contribution in [0, 0.1) is 17.1 Å². The van der Waals surface area contributed by atoms with Gasteiger partial charge < -0.3 is 4.74 Å². The summed E-state index contributed by atoms with van der Waals surface area (Å²) in [6.07, 6.45) is 0. The van der Waals surface area contributed by atoms with Gasteiger partial charge in [-0.05, 0) is 11.6 Å². The topological polar surface area (TPSA) is 50.1 Å². The maximum Gasteiger partial charge on any atom is 0.339 e. The van der Waals surface area contributed by atoms with Gasteiger partial charge in [-0.25, -0.2) is 9.18 Å². The molecule has 0 spiro atoms. The predicted molar refractivity (Wildman–Crippen MR) is 55.1 cm³/mol. The summed E-state index contributed by atoms with van der Waals surface area (Å²) in [5.41, 5.74) is 0.232. The van der Waals surface area contributed by atoms with Gasteiger partial charge in [-0.2, -0.15) is 5.26 Å². The maximum atomic E-state index is 13.2. The fourth-order valence-electron chi connectivity index (χ4n) is 1.18. The summed E-state index contributed by atoms with van der Waals surface area (Å²) in [6, 6.07) is 4.25. The first-order valence-corrected chi connectivity index (χ1v) is 5.13. The molecule has 0 heterocycles. The molecule has 0 N–H and O–H groups in total. The Morgan fingerprint density at radius 3 is 2.80 bits per heavy atom. The third kappa shape index (κ3) is 2.16. The highest BCUT2D eigenvalue weighted by Gasteiger charge is 2.19. The molecule has 0 fully saturated rings. The van der Waals surface area contributed by atoms with Gasteiger partial charge in [0.2, 0.25) is 0 Å². The molecule has 0 amide bonds. The molecule has 1 rings (SSSR count). The van der Waals surface area contributed by atoms with E-state index in [1.165, 1.54) is 13.2 Å². The fourth-order valence-corrected chi connectivity index (χ4v) is 1.64. The second kappa shape index (κ2) is 4.89. The molecule has 1 aromatic rings. The third-order valence-electron chi connectivity index (χ3n) is 1.89. The highest BCUT2D eigenvalue weighted by Crippen LogP contribution is 2.20. The Morgan fingerprint density at radius 2 is 2.33 bits per heavy atom. The zero-order chi connectivity index (χ0) is 11.4. The Labute approximate surface area is 94.6 Å². The molecular formula is C10H7BrFNO2. The highest BCUT2D eigenvalue weighted by atomic mass is 79.9. The van der Waals surface area contributed by atoms with Crippen molar-refractivity contribution < 1.29 is 13.9 Å².